The van der Waals surface area contributed by atoms with Crippen molar-refractivity contribution < 1.29 is 14.3 Å². The van der Waals surface area contributed by atoms with Crippen molar-refractivity contribution in [1.82, 2.24) is 5.32 Å². The first-order valence-corrected chi connectivity index (χ1v) is 6.32. The molecule has 0 aliphatic rings. The summed E-state index contributed by atoms with van der Waals surface area (Å²) in [4.78, 5) is 22.9. The predicted octanol–water partition coefficient (Wildman–Crippen LogP) is 2.73. The Balaban J connectivity index is 2.42. The topological polar surface area (TPSA) is 55.4 Å². The molecule has 1 radical (unpaired) electrons. The van der Waals surface area contributed by atoms with Gasteiger partial charge in [0.05, 0.1) is 6.04 Å². The van der Waals surface area contributed by atoms with Gasteiger partial charge >= 0.3 is 6.09 Å². The maximum absolute atomic E-state index is 11.6. The lowest BCUT2D eigenvalue weighted by Crippen LogP contribution is -2.41. The molecule has 0 saturated heterocycles. The number of alkyl carbamates (subject to hydrolysis) is 1. The first-order valence-electron chi connectivity index (χ1n) is 6.32. The molecular weight excluding hydrogens is 242 g/mol. The third kappa shape index (κ3) is 6.04. The summed E-state index contributed by atoms with van der Waals surface area (Å²) in [6.45, 7) is 7.50. The zero-order chi connectivity index (χ0) is 14.3. The fraction of sp³-hybridized carbons (Fsp3) is 0.400. The summed E-state index contributed by atoms with van der Waals surface area (Å²) >= 11 is 0. The molecule has 0 aliphatic carbocycles. The van der Waals surface area contributed by atoms with Crippen molar-refractivity contribution in [3.05, 3.63) is 42.8 Å². The molecule has 103 valence electrons. The minimum absolute atomic E-state index is 0.187. The number of hydrogen-bond donors (Lipinski definition) is 1. The molecule has 0 spiro atoms. The van der Waals surface area contributed by atoms with Gasteiger partial charge in [0.25, 0.3) is 0 Å². The molecule has 1 rings (SSSR count). The van der Waals surface area contributed by atoms with Gasteiger partial charge in [-0.15, -0.1) is 0 Å². The number of ketones is 1. The molecule has 1 atom stereocenters. The molecule has 1 aromatic carbocycles. The van der Waals surface area contributed by atoms with Crippen molar-refractivity contribution >= 4 is 11.9 Å². The number of rotatable bonds is 6. The molecule has 0 aliphatic heterocycles. The smallest absolute Gasteiger partial charge is 0.408 e. The van der Waals surface area contributed by atoms with Crippen molar-refractivity contribution in [2.75, 3.05) is 0 Å². The van der Waals surface area contributed by atoms with E-state index in [0.717, 1.165) is 5.56 Å². The summed E-state index contributed by atoms with van der Waals surface area (Å²) in [6.07, 6.45) is -0.0329. The third-order valence-corrected chi connectivity index (χ3v) is 2.60. The highest BCUT2D eigenvalue weighted by atomic mass is 16.5. The van der Waals surface area contributed by atoms with Crippen molar-refractivity contribution in [2.45, 2.75) is 32.9 Å². The second kappa shape index (κ2) is 7.56. The average molecular weight is 262 g/mol. The Labute approximate surface area is 114 Å². The molecule has 0 bridgehead atoms. The van der Waals surface area contributed by atoms with Crippen LogP contribution < -0.4 is 5.32 Å². The lowest BCUT2D eigenvalue weighted by molar-refractivity contribution is -0.117. The van der Waals surface area contributed by atoms with E-state index < -0.39 is 12.1 Å². The van der Waals surface area contributed by atoms with Crippen LogP contribution in [0.5, 0.6) is 0 Å². The molecule has 4 heteroatoms. The van der Waals surface area contributed by atoms with Crippen LogP contribution in [-0.2, 0) is 16.1 Å². The van der Waals surface area contributed by atoms with E-state index in [1.807, 2.05) is 44.2 Å². The van der Waals surface area contributed by atoms with Crippen molar-refractivity contribution in [1.29, 1.82) is 0 Å². The van der Waals surface area contributed by atoms with Crippen LogP contribution in [0.15, 0.2) is 30.3 Å². The van der Waals surface area contributed by atoms with Gasteiger partial charge in [-0.2, -0.15) is 0 Å². The number of ether oxygens (including phenoxy) is 1. The highest BCUT2D eigenvalue weighted by Crippen LogP contribution is 2.06. The Morgan fingerprint density at radius 2 is 1.89 bits per heavy atom. The quantitative estimate of drug-likeness (QED) is 0.857. The van der Waals surface area contributed by atoms with Gasteiger partial charge in [-0.3, -0.25) is 4.79 Å². The van der Waals surface area contributed by atoms with Gasteiger partial charge in [-0.1, -0.05) is 44.2 Å². The van der Waals surface area contributed by atoms with E-state index >= 15 is 0 Å². The third-order valence-electron chi connectivity index (χ3n) is 2.60. The second-order valence-corrected chi connectivity index (χ2v) is 4.85. The van der Waals surface area contributed by atoms with Crippen LogP contribution in [0.2, 0.25) is 0 Å². The molecule has 0 heterocycles. The highest BCUT2D eigenvalue weighted by molar-refractivity contribution is 5.90. The molecule has 1 N–H and O–H groups in total. The van der Waals surface area contributed by atoms with Crippen LogP contribution in [-0.4, -0.2) is 17.9 Å². The SMILES string of the molecule is [CH2]C(=O)[C@H](CC(C)C)NC(=O)OCc1ccccc1. The van der Waals surface area contributed by atoms with Gasteiger partial charge in [0, 0.05) is 6.92 Å². The normalized spacial score (nSPS) is 12.0. The number of carbonyl (C=O) groups excluding carboxylic acids is 2. The molecule has 19 heavy (non-hydrogen) atoms. The lowest BCUT2D eigenvalue weighted by atomic mass is 10.0. The van der Waals surface area contributed by atoms with E-state index in [1.165, 1.54) is 0 Å². The Kier molecular flexibility index (Phi) is 6.06. The maximum atomic E-state index is 11.6. The van der Waals surface area contributed by atoms with Gasteiger partial charge in [0.15, 0.2) is 5.78 Å². The van der Waals surface area contributed by atoms with Crippen molar-refractivity contribution in [2.24, 2.45) is 5.92 Å². The summed E-state index contributed by atoms with van der Waals surface area (Å²) in [5.74, 6) is -0.00418. The molecule has 0 saturated carbocycles. The number of amides is 1. The first-order chi connectivity index (χ1) is 8.99. The Bertz CT molecular complexity index is 415. The summed E-state index contributed by atoms with van der Waals surface area (Å²) in [5, 5.41) is 2.54. The first kappa shape index (κ1) is 15.2. The number of benzene rings is 1. The summed E-state index contributed by atoms with van der Waals surface area (Å²) in [7, 11) is 0. The van der Waals surface area contributed by atoms with Crippen LogP contribution in [0, 0.1) is 12.8 Å². The van der Waals surface area contributed by atoms with Crippen LogP contribution in [0.1, 0.15) is 25.8 Å². The summed E-state index contributed by atoms with van der Waals surface area (Å²) in [6, 6.07) is 8.79. The fourth-order valence-corrected chi connectivity index (χ4v) is 1.65. The lowest BCUT2D eigenvalue weighted by Gasteiger charge is -2.17. The maximum Gasteiger partial charge on any atom is 0.408 e. The Hall–Kier alpha value is -1.84. The second-order valence-electron chi connectivity index (χ2n) is 4.85. The number of Topliss-reactive ketones (excluding diaryl/α,β-unsaturated/α-hetero) is 1. The molecule has 1 aromatic rings. The van der Waals surface area contributed by atoms with Crippen LogP contribution in [0.3, 0.4) is 0 Å². The van der Waals surface area contributed by atoms with Gasteiger partial charge in [0.1, 0.15) is 6.61 Å². The van der Waals surface area contributed by atoms with E-state index in [9.17, 15) is 9.59 Å². The number of nitrogens with one attached hydrogen (secondary N) is 1. The number of hydrogen-bond acceptors (Lipinski definition) is 3. The fourth-order valence-electron chi connectivity index (χ4n) is 1.65. The van der Waals surface area contributed by atoms with E-state index in [1.54, 1.807) is 0 Å². The predicted molar refractivity (Wildman–Crippen MR) is 73.4 cm³/mol. The highest BCUT2D eigenvalue weighted by Gasteiger charge is 2.19. The molecular formula is C15H20NO3. The van der Waals surface area contributed by atoms with Crippen LogP contribution in [0.4, 0.5) is 4.79 Å². The molecule has 0 fully saturated rings. The van der Waals surface area contributed by atoms with Crippen LogP contribution in [0.25, 0.3) is 0 Å². The standard InChI is InChI=1S/C15H20NO3/c1-11(2)9-14(12(3)17)16-15(18)19-10-13-7-5-4-6-8-13/h4-8,11,14H,3,9-10H2,1-2H3,(H,16,18)/t14-/m0/s1. The van der Waals surface area contributed by atoms with E-state index in [2.05, 4.69) is 12.2 Å². The average Bonchev–Trinajstić information content (AvgIpc) is 2.36. The molecule has 0 unspecified atom stereocenters. The van der Waals surface area contributed by atoms with E-state index in [0.29, 0.717) is 12.3 Å². The molecule has 0 aromatic heterocycles. The Morgan fingerprint density at radius 1 is 1.26 bits per heavy atom. The van der Waals surface area contributed by atoms with E-state index in [-0.39, 0.29) is 12.4 Å². The minimum Gasteiger partial charge on any atom is -0.445 e. The molecule has 1 amide bonds. The zero-order valence-electron chi connectivity index (χ0n) is 11.4. The minimum atomic E-state index is -0.591. The number of carbonyl (C=O) groups is 2. The van der Waals surface area contributed by atoms with Gasteiger partial charge in [-0.05, 0) is 17.9 Å². The van der Waals surface area contributed by atoms with Crippen LogP contribution >= 0.6 is 0 Å². The van der Waals surface area contributed by atoms with Gasteiger partial charge in [-0.25, -0.2) is 4.79 Å². The van der Waals surface area contributed by atoms with Gasteiger partial charge < -0.3 is 10.1 Å². The van der Waals surface area contributed by atoms with Crippen molar-refractivity contribution in [3.8, 4) is 0 Å². The van der Waals surface area contributed by atoms with E-state index in [4.69, 9.17) is 4.74 Å². The largest absolute Gasteiger partial charge is 0.445 e. The summed E-state index contributed by atoms with van der Waals surface area (Å²) < 4.78 is 5.06. The Morgan fingerprint density at radius 3 is 2.42 bits per heavy atom. The monoisotopic (exact) mass is 262 g/mol. The molecule has 4 nitrogen and oxygen atoms in total. The van der Waals surface area contributed by atoms with Gasteiger partial charge in [0.2, 0.25) is 0 Å². The zero-order valence-corrected chi connectivity index (χ0v) is 11.4. The van der Waals surface area contributed by atoms with Crippen molar-refractivity contribution in [3.63, 3.8) is 0 Å². The summed E-state index contributed by atoms with van der Waals surface area (Å²) in [5.41, 5.74) is 0.902.